The van der Waals surface area contributed by atoms with E-state index >= 15 is 0 Å². The highest BCUT2D eigenvalue weighted by molar-refractivity contribution is 5.86. The van der Waals surface area contributed by atoms with Crippen LogP contribution in [0.2, 0.25) is 0 Å². The van der Waals surface area contributed by atoms with E-state index in [2.05, 4.69) is 10.3 Å². The van der Waals surface area contributed by atoms with Gasteiger partial charge in [-0.15, -0.1) is 5.10 Å². The molecule has 2 aromatic rings. The molecule has 0 fully saturated rings. The molecular weight excluding hydrogens is 274 g/mol. The summed E-state index contributed by atoms with van der Waals surface area (Å²) < 4.78 is 12.7. The molecule has 2 heterocycles. The maximum atomic E-state index is 11.0. The first-order chi connectivity index (χ1) is 10.2. The average Bonchev–Trinajstić information content (AvgIpc) is 2.91. The van der Waals surface area contributed by atoms with Crippen LogP contribution in [-0.2, 0) is 17.9 Å². The molecule has 0 aliphatic carbocycles. The first-order valence-corrected chi connectivity index (χ1v) is 6.69. The normalized spacial score (nSPS) is 17.3. The van der Waals surface area contributed by atoms with Crippen LogP contribution in [0.15, 0.2) is 24.3 Å². The van der Waals surface area contributed by atoms with Crippen molar-refractivity contribution in [3.8, 4) is 5.75 Å². The number of carboxylic acid groups (broad SMARTS) is 1. The topological polar surface area (TPSA) is 86.5 Å². The molecule has 1 unspecified atom stereocenters. The van der Waals surface area contributed by atoms with Crippen LogP contribution in [-0.4, -0.2) is 32.7 Å². The van der Waals surface area contributed by atoms with Gasteiger partial charge in [-0.05, 0) is 24.6 Å². The molecule has 1 aromatic carbocycles. The van der Waals surface area contributed by atoms with Crippen LogP contribution < -0.4 is 4.74 Å². The maximum Gasteiger partial charge on any atom is 0.358 e. The highest BCUT2D eigenvalue weighted by Crippen LogP contribution is 2.28. The zero-order valence-corrected chi connectivity index (χ0v) is 11.5. The number of benzene rings is 1. The van der Waals surface area contributed by atoms with Crippen molar-refractivity contribution in [2.75, 3.05) is 6.61 Å². The van der Waals surface area contributed by atoms with Crippen molar-refractivity contribution in [2.24, 2.45) is 0 Å². The van der Waals surface area contributed by atoms with E-state index in [1.807, 2.05) is 31.2 Å². The summed E-state index contributed by atoms with van der Waals surface area (Å²) in [5.74, 6) is -0.272. The Morgan fingerprint density at radius 1 is 1.48 bits per heavy atom. The first kappa shape index (κ1) is 13.6. The summed E-state index contributed by atoms with van der Waals surface area (Å²) in [7, 11) is 0. The van der Waals surface area contributed by atoms with E-state index in [0.717, 1.165) is 11.3 Å². The second kappa shape index (κ2) is 5.53. The van der Waals surface area contributed by atoms with Crippen LogP contribution >= 0.6 is 0 Å². The molecule has 1 atom stereocenters. The van der Waals surface area contributed by atoms with E-state index < -0.39 is 5.97 Å². The summed E-state index contributed by atoms with van der Waals surface area (Å²) in [5, 5.41) is 16.6. The van der Waals surface area contributed by atoms with E-state index in [-0.39, 0.29) is 18.4 Å². The minimum Gasteiger partial charge on any atom is -0.494 e. The smallest absolute Gasteiger partial charge is 0.358 e. The third-order valence-electron chi connectivity index (χ3n) is 3.36. The van der Waals surface area contributed by atoms with Crippen LogP contribution in [0, 0.1) is 0 Å². The maximum absolute atomic E-state index is 11.0. The monoisotopic (exact) mass is 289 g/mol. The number of hydrogen-bond donors (Lipinski definition) is 1. The van der Waals surface area contributed by atoms with Gasteiger partial charge in [0, 0.05) is 0 Å². The van der Waals surface area contributed by atoms with Gasteiger partial charge in [-0.1, -0.05) is 17.3 Å². The van der Waals surface area contributed by atoms with Crippen LogP contribution in [0.3, 0.4) is 0 Å². The number of carbonyl (C=O) groups is 1. The predicted molar refractivity (Wildman–Crippen MR) is 72.1 cm³/mol. The first-order valence-electron chi connectivity index (χ1n) is 6.69. The minimum atomic E-state index is -1.08. The van der Waals surface area contributed by atoms with E-state index in [1.54, 1.807) is 4.68 Å². The minimum absolute atomic E-state index is 0.0415. The van der Waals surface area contributed by atoms with E-state index in [9.17, 15) is 4.79 Å². The van der Waals surface area contributed by atoms with E-state index in [4.69, 9.17) is 14.6 Å². The number of carboxylic acids is 1. The van der Waals surface area contributed by atoms with Gasteiger partial charge in [0.15, 0.2) is 5.69 Å². The molecule has 1 aliphatic heterocycles. The molecule has 1 N–H and O–H groups in total. The standard InChI is InChI=1S/C14H15N3O4/c1-2-20-10-5-3-9(4-6-10)12-7-17-11(8-21-12)13(14(18)19)15-16-17/h3-6,12H,2,7-8H2,1H3,(H,18,19). The summed E-state index contributed by atoms with van der Waals surface area (Å²) in [6, 6.07) is 7.66. The third-order valence-corrected chi connectivity index (χ3v) is 3.36. The summed E-state index contributed by atoms with van der Waals surface area (Å²) >= 11 is 0. The Hall–Kier alpha value is -2.41. The van der Waals surface area contributed by atoms with Crippen LogP contribution in [0.4, 0.5) is 0 Å². The van der Waals surface area contributed by atoms with Crippen molar-refractivity contribution in [3.05, 3.63) is 41.2 Å². The lowest BCUT2D eigenvalue weighted by atomic mass is 10.1. The van der Waals surface area contributed by atoms with Crippen molar-refractivity contribution in [1.29, 1.82) is 0 Å². The second-order valence-corrected chi connectivity index (χ2v) is 4.67. The SMILES string of the molecule is CCOc1ccc(C2Cn3nnc(C(=O)O)c3CO2)cc1. The van der Waals surface area contributed by atoms with Crippen molar-refractivity contribution >= 4 is 5.97 Å². The Balaban J connectivity index is 1.78. The van der Waals surface area contributed by atoms with Crippen LogP contribution in [0.1, 0.15) is 34.8 Å². The van der Waals surface area contributed by atoms with Crippen molar-refractivity contribution in [2.45, 2.75) is 26.2 Å². The van der Waals surface area contributed by atoms with Crippen molar-refractivity contribution < 1.29 is 19.4 Å². The van der Waals surface area contributed by atoms with Gasteiger partial charge < -0.3 is 14.6 Å². The molecule has 7 heteroatoms. The van der Waals surface area contributed by atoms with Crippen molar-refractivity contribution in [1.82, 2.24) is 15.0 Å². The fraction of sp³-hybridized carbons (Fsp3) is 0.357. The molecule has 3 rings (SSSR count). The van der Waals surface area contributed by atoms with Crippen LogP contribution in [0.25, 0.3) is 0 Å². The zero-order valence-electron chi connectivity index (χ0n) is 11.5. The second-order valence-electron chi connectivity index (χ2n) is 4.67. The van der Waals surface area contributed by atoms with E-state index in [0.29, 0.717) is 18.8 Å². The fourth-order valence-electron chi connectivity index (χ4n) is 2.32. The van der Waals surface area contributed by atoms with Gasteiger partial charge in [0.25, 0.3) is 0 Å². The third kappa shape index (κ3) is 2.59. The average molecular weight is 289 g/mol. The zero-order chi connectivity index (χ0) is 14.8. The number of hydrogen-bond acceptors (Lipinski definition) is 5. The lowest BCUT2D eigenvalue weighted by molar-refractivity contribution is -0.00209. The Morgan fingerprint density at radius 3 is 2.90 bits per heavy atom. The van der Waals surface area contributed by atoms with Crippen LogP contribution in [0.5, 0.6) is 5.75 Å². The largest absolute Gasteiger partial charge is 0.494 e. The number of rotatable bonds is 4. The highest BCUT2D eigenvalue weighted by Gasteiger charge is 2.27. The van der Waals surface area contributed by atoms with Gasteiger partial charge in [0.1, 0.15) is 11.9 Å². The number of fused-ring (bicyclic) bond motifs is 1. The van der Waals surface area contributed by atoms with Crippen molar-refractivity contribution in [3.63, 3.8) is 0 Å². The van der Waals surface area contributed by atoms with E-state index in [1.165, 1.54) is 0 Å². The number of nitrogens with zero attached hydrogens (tertiary/aromatic N) is 3. The molecule has 0 radical (unpaired) electrons. The molecule has 0 bridgehead atoms. The molecule has 1 aromatic heterocycles. The predicted octanol–water partition coefficient (Wildman–Crippen LogP) is 1.65. The Labute approximate surface area is 121 Å². The molecule has 1 aliphatic rings. The number of ether oxygens (including phenoxy) is 2. The molecule has 7 nitrogen and oxygen atoms in total. The highest BCUT2D eigenvalue weighted by atomic mass is 16.5. The van der Waals surface area contributed by atoms with Gasteiger partial charge in [-0.2, -0.15) is 0 Å². The fourth-order valence-corrected chi connectivity index (χ4v) is 2.32. The molecule has 21 heavy (non-hydrogen) atoms. The summed E-state index contributed by atoms with van der Waals surface area (Å²) in [4.78, 5) is 11.0. The molecule has 0 saturated carbocycles. The van der Waals surface area contributed by atoms with Gasteiger partial charge in [-0.3, -0.25) is 0 Å². The van der Waals surface area contributed by atoms with Gasteiger partial charge in [0.05, 0.1) is 25.5 Å². The summed E-state index contributed by atoms with van der Waals surface area (Å²) in [6.45, 7) is 3.19. The molecule has 0 amide bonds. The van der Waals surface area contributed by atoms with Gasteiger partial charge in [0.2, 0.25) is 0 Å². The lowest BCUT2D eigenvalue weighted by Crippen LogP contribution is -2.23. The summed E-state index contributed by atoms with van der Waals surface area (Å²) in [6.07, 6.45) is -0.170. The summed E-state index contributed by atoms with van der Waals surface area (Å²) in [5.41, 5.74) is 1.46. The Kier molecular flexibility index (Phi) is 3.57. The van der Waals surface area contributed by atoms with Gasteiger partial charge in [-0.25, -0.2) is 9.48 Å². The van der Waals surface area contributed by atoms with Gasteiger partial charge >= 0.3 is 5.97 Å². The molecule has 110 valence electrons. The Bertz CT molecular complexity index is 651. The number of aromatic carboxylic acids is 1. The molecular formula is C14H15N3O4. The lowest BCUT2D eigenvalue weighted by Gasteiger charge is -2.24. The molecule has 0 saturated heterocycles. The Morgan fingerprint density at radius 2 is 2.24 bits per heavy atom. The number of aromatic nitrogens is 3. The quantitative estimate of drug-likeness (QED) is 0.921. The molecule has 0 spiro atoms.